The van der Waals surface area contributed by atoms with Gasteiger partial charge in [-0.2, -0.15) is 0 Å². The monoisotopic (exact) mass is 446 g/mol. The molecule has 2 bridgehead atoms. The van der Waals surface area contributed by atoms with E-state index in [4.69, 9.17) is 25.8 Å². The first kappa shape index (κ1) is 19.9. The molecule has 3 aliphatic carbocycles. The Hall–Kier alpha value is -3.00. The Morgan fingerprint density at radius 1 is 1.10 bits per heavy atom. The molecule has 2 N–H and O–H groups in total. The Labute approximate surface area is 182 Å². The molecule has 0 unspecified atom stereocenters. The van der Waals surface area contributed by atoms with Gasteiger partial charge < -0.3 is 24.8 Å². The van der Waals surface area contributed by atoms with Crippen molar-refractivity contribution in [2.75, 3.05) is 13.2 Å². The van der Waals surface area contributed by atoms with Gasteiger partial charge in [0.25, 0.3) is 11.8 Å². The van der Waals surface area contributed by atoms with Crippen LogP contribution >= 0.6 is 11.6 Å². The molecule has 6 rings (SSSR count). The standard InChI is InChI=1S/C22H20ClFN2O5/c23-14-6-5-13(7-15(14)24)29-9-19(27)25-21-10-22(11-21,12-21)26-20(28)18-8-30-16-3-1-2-4-17(16)31-18/h1-7,18H,8-12H2,(H,25,27)(H,26,28)/t18-,21?,22?/m0/s1. The molecule has 3 saturated carbocycles. The number of rotatable bonds is 6. The molecule has 3 fully saturated rings. The van der Waals surface area contributed by atoms with Gasteiger partial charge in [0.15, 0.2) is 18.1 Å². The maximum absolute atomic E-state index is 13.4. The summed E-state index contributed by atoms with van der Waals surface area (Å²) >= 11 is 5.63. The molecule has 1 heterocycles. The molecule has 0 saturated heterocycles. The third-order valence-electron chi connectivity index (χ3n) is 5.89. The van der Waals surface area contributed by atoms with Crippen molar-refractivity contribution in [3.8, 4) is 17.2 Å². The zero-order valence-corrected chi connectivity index (χ0v) is 17.2. The number of carbonyl (C=O) groups is 2. The highest BCUT2D eigenvalue weighted by molar-refractivity contribution is 6.30. The number of halogens is 2. The first-order valence-corrected chi connectivity index (χ1v) is 10.3. The molecule has 1 atom stereocenters. The quantitative estimate of drug-likeness (QED) is 0.712. The van der Waals surface area contributed by atoms with Crippen LogP contribution in [0.1, 0.15) is 19.3 Å². The van der Waals surface area contributed by atoms with Crippen LogP contribution in [0.4, 0.5) is 4.39 Å². The van der Waals surface area contributed by atoms with Gasteiger partial charge >= 0.3 is 0 Å². The molecule has 2 aromatic carbocycles. The second-order valence-electron chi connectivity index (χ2n) is 8.36. The molecule has 0 radical (unpaired) electrons. The lowest BCUT2D eigenvalue weighted by Crippen LogP contribution is -2.84. The van der Waals surface area contributed by atoms with Crippen molar-refractivity contribution in [1.29, 1.82) is 0 Å². The molecular formula is C22H20ClFN2O5. The van der Waals surface area contributed by atoms with Crippen LogP contribution in [-0.2, 0) is 9.59 Å². The number of fused-ring (bicyclic) bond motifs is 1. The van der Waals surface area contributed by atoms with Crippen LogP contribution in [0.2, 0.25) is 5.02 Å². The normalized spacial score (nSPS) is 27.4. The second-order valence-corrected chi connectivity index (χ2v) is 8.76. The van der Waals surface area contributed by atoms with E-state index >= 15 is 0 Å². The van der Waals surface area contributed by atoms with E-state index in [1.807, 2.05) is 12.1 Å². The summed E-state index contributed by atoms with van der Waals surface area (Å²) in [4.78, 5) is 24.8. The fourth-order valence-electron chi connectivity index (χ4n) is 4.59. The molecule has 7 nitrogen and oxygen atoms in total. The summed E-state index contributed by atoms with van der Waals surface area (Å²) in [5, 5.41) is 5.99. The molecular weight excluding hydrogens is 427 g/mol. The molecule has 2 aromatic rings. The van der Waals surface area contributed by atoms with E-state index in [0.29, 0.717) is 30.8 Å². The molecule has 0 aromatic heterocycles. The van der Waals surface area contributed by atoms with Crippen molar-refractivity contribution in [2.45, 2.75) is 36.4 Å². The summed E-state index contributed by atoms with van der Waals surface area (Å²) in [6, 6.07) is 11.2. The molecule has 1 aliphatic heterocycles. The number of benzene rings is 2. The first-order valence-electron chi connectivity index (χ1n) is 9.95. The van der Waals surface area contributed by atoms with Crippen molar-refractivity contribution in [1.82, 2.24) is 10.6 Å². The minimum Gasteiger partial charge on any atom is -0.485 e. The maximum atomic E-state index is 13.4. The lowest BCUT2D eigenvalue weighted by molar-refractivity contribution is -0.155. The van der Waals surface area contributed by atoms with Gasteiger partial charge in [0.2, 0.25) is 6.10 Å². The van der Waals surface area contributed by atoms with Crippen LogP contribution in [0.5, 0.6) is 17.2 Å². The van der Waals surface area contributed by atoms with Crippen molar-refractivity contribution in [3.63, 3.8) is 0 Å². The van der Waals surface area contributed by atoms with Crippen molar-refractivity contribution in [3.05, 3.63) is 53.3 Å². The minimum atomic E-state index is -0.706. The van der Waals surface area contributed by atoms with Crippen LogP contribution in [0.15, 0.2) is 42.5 Å². The van der Waals surface area contributed by atoms with E-state index in [1.165, 1.54) is 12.1 Å². The van der Waals surface area contributed by atoms with Crippen molar-refractivity contribution < 1.29 is 28.2 Å². The highest BCUT2D eigenvalue weighted by atomic mass is 35.5. The second kappa shape index (κ2) is 7.30. The van der Waals surface area contributed by atoms with E-state index in [0.717, 1.165) is 6.07 Å². The molecule has 162 valence electrons. The topological polar surface area (TPSA) is 85.9 Å². The Bertz CT molecular complexity index is 1040. The SMILES string of the molecule is O=C(COc1ccc(Cl)c(F)c1)NC12CC(NC(=O)[C@@H]3COc4ccccc4O3)(C1)C2. The van der Waals surface area contributed by atoms with E-state index in [2.05, 4.69) is 10.6 Å². The van der Waals surface area contributed by atoms with Gasteiger partial charge in [0.05, 0.1) is 5.02 Å². The third kappa shape index (κ3) is 3.76. The maximum Gasteiger partial charge on any atom is 0.265 e. The summed E-state index contributed by atoms with van der Waals surface area (Å²) in [6.07, 6.45) is 1.24. The molecule has 31 heavy (non-hydrogen) atoms. The highest BCUT2D eigenvalue weighted by Crippen LogP contribution is 2.60. The van der Waals surface area contributed by atoms with Gasteiger partial charge in [0.1, 0.15) is 18.2 Å². The smallest absolute Gasteiger partial charge is 0.265 e. The highest BCUT2D eigenvalue weighted by Gasteiger charge is 2.69. The summed E-state index contributed by atoms with van der Waals surface area (Å²) in [7, 11) is 0. The lowest BCUT2D eigenvalue weighted by Gasteiger charge is -2.70. The van der Waals surface area contributed by atoms with Gasteiger partial charge in [-0.1, -0.05) is 23.7 Å². The van der Waals surface area contributed by atoms with Crippen molar-refractivity contribution >= 4 is 23.4 Å². The first-order chi connectivity index (χ1) is 14.9. The average molecular weight is 447 g/mol. The summed E-state index contributed by atoms with van der Waals surface area (Å²) < 4.78 is 30.1. The van der Waals surface area contributed by atoms with Crippen molar-refractivity contribution in [2.24, 2.45) is 0 Å². The fourth-order valence-corrected chi connectivity index (χ4v) is 4.71. The number of para-hydroxylation sites is 2. The largest absolute Gasteiger partial charge is 0.485 e. The Kier molecular flexibility index (Phi) is 4.69. The van der Waals surface area contributed by atoms with Gasteiger partial charge in [-0.25, -0.2) is 4.39 Å². The van der Waals surface area contributed by atoms with Crippen LogP contribution in [0, 0.1) is 5.82 Å². The number of ether oxygens (including phenoxy) is 3. The number of amides is 2. The molecule has 0 spiro atoms. The zero-order chi connectivity index (χ0) is 21.6. The van der Waals surface area contributed by atoms with E-state index < -0.39 is 11.9 Å². The zero-order valence-electron chi connectivity index (χ0n) is 16.5. The van der Waals surface area contributed by atoms with Crippen LogP contribution in [0.25, 0.3) is 0 Å². The average Bonchev–Trinajstić information content (AvgIpc) is 2.71. The van der Waals surface area contributed by atoms with Gasteiger partial charge in [-0.05, 0) is 43.5 Å². The summed E-state index contributed by atoms with van der Waals surface area (Å²) in [5.74, 6) is 0.290. The van der Waals surface area contributed by atoms with Crippen LogP contribution in [-0.4, -0.2) is 42.2 Å². The number of hydrogen-bond acceptors (Lipinski definition) is 5. The number of nitrogens with one attached hydrogen (secondary N) is 2. The predicted octanol–water partition coefficient (Wildman–Crippen LogP) is 2.61. The number of carbonyl (C=O) groups excluding carboxylic acids is 2. The van der Waals surface area contributed by atoms with E-state index in [-0.39, 0.29) is 46.9 Å². The fraction of sp³-hybridized carbons (Fsp3) is 0.364. The van der Waals surface area contributed by atoms with Gasteiger partial charge in [-0.3, -0.25) is 9.59 Å². The third-order valence-corrected chi connectivity index (χ3v) is 6.19. The van der Waals surface area contributed by atoms with Crippen LogP contribution in [0.3, 0.4) is 0 Å². The Morgan fingerprint density at radius 3 is 2.55 bits per heavy atom. The molecule has 4 aliphatic rings. The summed E-state index contributed by atoms with van der Waals surface area (Å²) in [6.45, 7) is -0.0712. The van der Waals surface area contributed by atoms with E-state index in [9.17, 15) is 14.0 Å². The summed E-state index contributed by atoms with van der Waals surface area (Å²) in [5.41, 5.74) is -0.639. The minimum absolute atomic E-state index is 0.00703. The molecule has 9 heteroatoms. The van der Waals surface area contributed by atoms with E-state index in [1.54, 1.807) is 12.1 Å². The number of hydrogen-bond donors (Lipinski definition) is 2. The lowest BCUT2D eigenvalue weighted by atomic mass is 9.44. The Balaban J connectivity index is 1.08. The van der Waals surface area contributed by atoms with Gasteiger partial charge in [0, 0.05) is 17.1 Å². The van der Waals surface area contributed by atoms with Gasteiger partial charge in [-0.15, -0.1) is 0 Å². The molecule has 2 amide bonds. The van der Waals surface area contributed by atoms with Crippen LogP contribution < -0.4 is 24.8 Å². The Morgan fingerprint density at radius 2 is 1.81 bits per heavy atom. The predicted molar refractivity (Wildman–Crippen MR) is 109 cm³/mol.